The van der Waals surface area contributed by atoms with Crippen LogP contribution in [0.1, 0.15) is 0 Å². The van der Waals surface area contributed by atoms with Crippen molar-refractivity contribution in [1.29, 1.82) is 0 Å². The highest BCUT2D eigenvalue weighted by Gasteiger charge is 2.04. The van der Waals surface area contributed by atoms with Gasteiger partial charge in [0.2, 0.25) is 0 Å². The van der Waals surface area contributed by atoms with Crippen molar-refractivity contribution in [3.63, 3.8) is 0 Å². The van der Waals surface area contributed by atoms with E-state index in [0.717, 1.165) is 21.6 Å². The van der Waals surface area contributed by atoms with Crippen molar-refractivity contribution in [2.75, 3.05) is 12.9 Å². The zero-order valence-electron chi connectivity index (χ0n) is 9.26. The molecule has 0 aliphatic heterocycles. The van der Waals surface area contributed by atoms with Gasteiger partial charge in [-0.3, -0.25) is 4.18 Å². The summed E-state index contributed by atoms with van der Waals surface area (Å²) in [7, 11) is -3.36. The van der Waals surface area contributed by atoms with E-state index in [0.29, 0.717) is 6.54 Å². The second-order valence-electron chi connectivity index (χ2n) is 3.74. The number of hydrogen-bond acceptors (Lipinski definition) is 3. The monoisotopic (exact) mass is 317 g/mol. The minimum atomic E-state index is -3.36. The van der Waals surface area contributed by atoms with Crippen LogP contribution in [0.3, 0.4) is 0 Å². The number of aromatic nitrogens is 1. The van der Waals surface area contributed by atoms with Gasteiger partial charge in [0.05, 0.1) is 12.9 Å². The normalized spacial score (nSPS) is 12.1. The van der Waals surface area contributed by atoms with E-state index in [-0.39, 0.29) is 6.61 Å². The van der Waals surface area contributed by atoms with Gasteiger partial charge in [-0.1, -0.05) is 15.9 Å². The fraction of sp³-hybridized carbons (Fsp3) is 0.273. The highest BCUT2D eigenvalue weighted by Crippen LogP contribution is 2.20. The summed E-state index contributed by atoms with van der Waals surface area (Å²) >= 11 is 3.41. The molecule has 6 heteroatoms. The summed E-state index contributed by atoms with van der Waals surface area (Å²) < 4.78 is 29.4. The third-order valence-electron chi connectivity index (χ3n) is 2.36. The summed E-state index contributed by atoms with van der Waals surface area (Å²) in [5, 5.41) is 1.11. The molecule has 0 saturated carbocycles. The highest BCUT2D eigenvalue weighted by atomic mass is 79.9. The molecule has 2 aromatic rings. The van der Waals surface area contributed by atoms with Crippen LogP contribution in [-0.4, -0.2) is 25.8 Å². The molecule has 0 N–H and O–H groups in total. The van der Waals surface area contributed by atoms with E-state index in [9.17, 15) is 8.42 Å². The van der Waals surface area contributed by atoms with E-state index in [1.54, 1.807) is 0 Å². The average Bonchev–Trinajstić information content (AvgIpc) is 2.59. The van der Waals surface area contributed by atoms with E-state index in [1.807, 2.05) is 35.0 Å². The van der Waals surface area contributed by atoms with Crippen molar-refractivity contribution in [1.82, 2.24) is 4.57 Å². The Hall–Kier alpha value is -0.850. The number of fused-ring (bicyclic) bond motifs is 1. The first kappa shape index (κ1) is 12.6. The lowest BCUT2D eigenvalue weighted by Crippen LogP contribution is -2.09. The lowest BCUT2D eigenvalue weighted by molar-refractivity contribution is 0.306. The van der Waals surface area contributed by atoms with Gasteiger partial charge in [-0.2, -0.15) is 8.42 Å². The second kappa shape index (κ2) is 4.80. The molecule has 1 heterocycles. The molecule has 1 aromatic carbocycles. The number of hydrogen-bond donors (Lipinski definition) is 0. The first-order valence-corrected chi connectivity index (χ1v) is 7.65. The van der Waals surface area contributed by atoms with E-state index < -0.39 is 10.1 Å². The van der Waals surface area contributed by atoms with Gasteiger partial charge in [0.1, 0.15) is 0 Å². The van der Waals surface area contributed by atoms with Gasteiger partial charge in [0.15, 0.2) is 0 Å². The van der Waals surface area contributed by atoms with Gasteiger partial charge >= 0.3 is 0 Å². The van der Waals surface area contributed by atoms with Crippen LogP contribution >= 0.6 is 15.9 Å². The van der Waals surface area contributed by atoms with E-state index in [4.69, 9.17) is 4.18 Å². The summed E-state index contributed by atoms with van der Waals surface area (Å²) in [6.07, 6.45) is 2.97. The SMILES string of the molecule is CS(=O)(=O)OCCn1ccc2cc(Br)ccc21. The molecule has 17 heavy (non-hydrogen) atoms. The van der Waals surface area contributed by atoms with Crippen LogP contribution in [0.15, 0.2) is 34.9 Å². The molecule has 0 fully saturated rings. The van der Waals surface area contributed by atoms with Crippen molar-refractivity contribution >= 4 is 37.0 Å². The van der Waals surface area contributed by atoms with Gasteiger partial charge in [-0.05, 0) is 24.3 Å². The number of benzene rings is 1. The van der Waals surface area contributed by atoms with Crippen molar-refractivity contribution < 1.29 is 12.6 Å². The average molecular weight is 318 g/mol. The molecule has 2 rings (SSSR count). The van der Waals surface area contributed by atoms with Crippen LogP contribution in [-0.2, 0) is 20.8 Å². The van der Waals surface area contributed by atoms with Gasteiger partial charge in [-0.25, -0.2) is 0 Å². The van der Waals surface area contributed by atoms with Crippen LogP contribution in [0.2, 0.25) is 0 Å². The molecule has 0 radical (unpaired) electrons. The largest absolute Gasteiger partial charge is 0.345 e. The Labute approximate surface area is 108 Å². The Morgan fingerprint density at radius 3 is 2.82 bits per heavy atom. The number of halogens is 1. The summed E-state index contributed by atoms with van der Waals surface area (Å²) in [4.78, 5) is 0. The van der Waals surface area contributed by atoms with Gasteiger partial charge in [0, 0.05) is 28.1 Å². The molecule has 1 aromatic heterocycles. The minimum absolute atomic E-state index is 0.151. The first-order chi connectivity index (χ1) is 7.96. The number of nitrogens with zero attached hydrogens (tertiary/aromatic N) is 1. The van der Waals surface area contributed by atoms with Gasteiger partial charge in [0.25, 0.3) is 10.1 Å². The zero-order chi connectivity index (χ0) is 12.5. The lowest BCUT2D eigenvalue weighted by Gasteiger charge is -2.05. The molecular formula is C11H12BrNO3S. The van der Waals surface area contributed by atoms with Crippen molar-refractivity contribution in [3.8, 4) is 0 Å². The minimum Gasteiger partial charge on any atom is -0.345 e. The molecule has 0 amide bonds. The van der Waals surface area contributed by atoms with Crippen LogP contribution in [0.4, 0.5) is 0 Å². The molecule has 0 atom stereocenters. The van der Waals surface area contributed by atoms with E-state index >= 15 is 0 Å². The lowest BCUT2D eigenvalue weighted by atomic mass is 10.2. The van der Waals surface area contributed by atoms with Crippen LogP contribution < -0.4 is 0 Å². The highest BCUT2D eigenvalue weighted by molar-refractivity contribution is 9.10. The quantitative estimate of drug-likeness (QED) is 0.813. The Bertz CT molecular complexity index is 633. The molecular weight excluding hydrogens is 306 g/mol. The van der Waals surface area contributed by atoms with E-state index in [2.05, 4.69) is 15.9 Å². The predicted molar refractivity (Wildman–Crippen MR) is 70.4 cm³/mol. The fourth-order valence-electron chi connectivity index (χ4n) is 1.65. The summed E-state index contributed by atoms with van der Waals surface area (Å²) in [6, 6.07) is 7.94. The fourth-order valence-corrected chi connectivity index (χ4v) is 2.41. The Balaban J connectivity index is 2.14. The molecule has 92 valence electrons. The zero-order valence-corrected chi connectivity index (χ0v) is 11.7. The molecule has 0 aliphatic rings. The van der Waals surface area contributed by atoms with Crippen molar-refractivity contribution in [2.45, 2.75) is 6.54 Å². The maximum atomic E-state index is 10.8. The first-order valence-electron chi connectivity index (χ1n) is 5.04. The molecule has 0 spiro atoms. The standard InChI is InChI=1S/C11H12BrNO3S/c1-17(14,15)16-7-6-13-5-4-9-8-10(12)2-3-11(9)13/h2-5,8H,6-7H2,1H3. The summed E-state index contributed by atoms with van der Waals surface area (Å²) in [5.74, 6) is 0. The second-order valence-corrected chi connectivity index (χ2v) is 6.30. The molecule has 4 nitrogen and oxygen atoms in total. The van der Waals surface area contributed by atoms with E-state index in [1.165, 1.54) is 0 Å². The summed E-state index contributed by atoms with van der Waals surface area (Å²) in [5.41, 5.74) is 1.06. The molecule has 0 unspecified atom stereocenters. The third-order valence-corrected chi connectivity index (χ3v) is 3.45. The molecule has 0 saturated heterocycles. The Morgan fingerprint density at radius 2 is 2.12 bits per heavy atom. The van der Waals surface area contributed by atoms with Gasteiger partial charge < -0.3 is 4.57 Å². The third kappa shape index (κ3) is 3.31. The van der Waals surface area contributed by atoms with Crippen LogP contribution in [0.25, 0.3) is 10.9 Å². The van der Waals surface area contributed by atoms with Gasteiger partial charge in [-0.15, -0.1) is 0 Å². The predicted octanol–water partition coefficient (Wildman–Crippen LogP) is 2.38. The summed E-state index contributed by atoms with van der Waals surface area (Å²) in [6.45, 7) is 0.664. The molecule has 0 aliphatic carbocycles. The van der Waals surface area contributed by atoms with Crippen LogP contribution in [0.5, 0.6) is 0 Å². The topological polar surface area (TPSA) is 48.3 Å². The smallest absolute Gasteiger partial charge is 0.264 e. The Morgan fingerprint density at radius 1 is 1.35 bits per heavy atom. The van der Waals surface area contributed by atoms with Crippen molar-refractivity contribution in [3.05, 3.63) is 34.9 Å². The van der Waals surface area contributed by atoms with Crippen molar-refractivity contribution in [2.24, 2.45) is 0 Å². The maximum absolute atomic E-state index is 10.8. The maximum Gasteiger partial charge on any atom is 0.264 e. The Kier molecular flexibility index (Phi) is 3.56. The number of rotatable bonds is 4. The molecule has 0 bridgehead atoms. The van der Waals surface area contributed by atoms with Crippen LogP contribution in [0, 0.1) is 0 Å².